The number of nitrogens with zero attached hydrogens (tertiary/aromatic N) is 2. The van der Waals surface area contributed by atoms with E-state index in [1.165, 1.54) is 30.3 Å². The maximum absolute atomic E-state index is 13.0. The lowest BCUT2D eigenvalue weighted by Crippen LogP contribution is -2.45. The van der Waals surface area contributed by atoms with Gasteiger partial charge in [0.05, 0.1) is 0 Å². The van der Waals surface area contributed by atoms with Crippen LogP contribution in [0.25, 0.3) is 6.08 Å². The molecule has 4 nitrogen and oxygen atoms in total. The van der Waals surface area contributed by atoms with Gasteiger partial charge < -0.3 is 10.2 Å². The zero-order valence-electron chi connectivity index (χ0n) is 16.9. The highest BCUT2D eigenvalue weighted by Gasteiger charge is 2.34. The number of benzene rings is 2. The predicted octanol–water partition coefficient (Wildman–Crippen LogP) is 5.75. The van der Waals surface area contributed by atoms with Crippen LogP contribution in [-0.4, -0.2) is 18.5 Å². The maximum atomic E-state index is 13.0. The van der Waals surface area contributed by atoms with Gasteiger partial charge in [0.2, 0.25) is 0 Å². The second-order valence-electron chi connectivity index (χ2n) is 8.04. The molecule has 2 aromatic carbocycles. The molecule has 1 N–H and O–H groups in total. The molecular formula is C23H23ClFN3O. The van der Waals surface area contributed by atoms with Gasteiger partial charge in [0.15, 0.2) is 0 Å². The first-order chi connectivity index (χ1) is 13.6. The van der Waals surface area contributed by atoms with Crippen LogP contribution in [0.15, 0.2) is 42.0 Å². The van der Waals surface area contributed by atoms with Crippen molar-refractivity contribution in [3.05, 3.63) is 63.9 Å². The van der Waals surface area contributed by atoms with E-state index in [1.807, 2.05) is 25.2 Å². The predicted molar refractivity (Wildman–Crippen MR) is 116 cm³/mol. The molecule has 0 saturated carbocycles. The first-order valence-corrected chi connectivity index (χ1v) is 9.76. The molecule has 0 spiro atoms. The van der Waals surface area contributed by atoms with Gasteiger partial charge in [0.1, 0.15) is 17.5 Å². The Labute approximate surface area is 175 Å². The molecule has 150 valence electrons. The molecule has 1 heterocycles. The van der Waals surface area contributed by atoms with Crippen LogP contribution in [-0.2, 0) is 4.79 Å². The Morgan fingerprint density at radius 2 is 2.00 bits per heavy atom. The first-order valence-electron chi connectivity index (χ1n) is 9.38. The first kappa shape index (κ1) is 20.9. The van der Waals surface area contributed by atoms with Crippen molar-refractivity contribution in [2.24, 2.45) is 0 Å². The Morgan fingerprint density at radius 3 is 2.62 bits per heavy atom. The Balaban J connectivity index is 1.94. The number of rotatable bonds is 3. The van der Waals surface area contributed by atoms with Gasteiger partial charge in [-0.15, -0.1) is 0 Å². The summed E-state index contributed by atoms with van der Waals surface area (Å²) >= 11 is 6.50. The average Bonchev–Trinajstić information content (AvgIpc) is 2.66. The highest BCUT2D eigenvalue weighted by molar-refractivity contribution is 6.32. The van der Waals surface area contributed by atoms with Crippen LogP contribution >= 0.6 is 11.6 Å². The summed E-state index contributed by atoms with van der Waals surface area (Å²) in [6, 6.07) is 11.1. The quantitative estimate of drug-likeness (QED) is 0.517. The molecular weight excluding hydrogens is 389 g/mol. The van der Waals surface area contributed by atoms with Crippen LogP contribution in [0, 0.1) is 17.1 Å². The third-order valence-electron chi connectivity index (χ3n) is 5.52. The Kier molecular flexibility index (Phi) is 5.68. The van der Waals surface area contributed by atoms with Crippen LogP contribution in [0.3, 0.4) is 0 Å². The third-order valence-corrected chi connectivity index (χ3v) is 5.85. The molecule has 1 aliphatic heterocycles. The van der Waals surface area contributed by atoms with E-state index < -0.39 is 11.7 Å². The van der Waals surface area contributed by atoms with Gasteiger partial charge in [-0.1, -0.05) is 18.5 Å². The second-order valence-corrected chi connectivity index (χ2v) is 8.45. The SMILES string of the molecule is CC1CC(C)(C)N(C)c2cc(Cl)c(/C=C(\C#N)C(=O)Nc3ccc(F)cc3)cc21. The van der Waals surface area contributed by atoms with Gasteiger partial charge >= 0.3 is 0 Å². The fourth-order valence-corrected chi connectivity index (χ4v) is 3.96. The molecule has 0 bridgehead atoms. The Hall–Kier alpha value is -2.84. The minimum absolute atomic E-state index is 0.0138. The summed E-state index contributed by atoms with van der Waals surface area (Å²) in [5.41, 5.74) is 3.17. The van der Waals surface area contributed by atoms with E-state index in [0.29, 0.717) is 22.2 Å². The largest absolute Gasteiger partial charge is 0.369 e. The van der Waals surface area contributed by atoms with Gasteiger partial charge in [-0.05, 0) is 79.8 Å². The molecule has 1 aliphatic rings. The molecule has 2 aromatic rings. The maximum Gasteiger partial charge on any atom is 0.266 e. The summed E-state index contributed by atoms with van der Waals surface area (Å²) in [7, 11) is 2.05. The summed E-state index contributed by atoms with van der Waals surface area (Å²) < 4.78 is 13.0. The Morgan fingerprint density at radius 1 is 1.34 bits per heavy atom. The number of carbonyl (C=O) groups excluding carboxylic acids is 1. The number of nitrogens with one attached hydrogen (secondary N) is 1. The lowest BCUT2D eigenvalue weighted by molar-refractivity contribution is -0.112. The van der Waals surface area contributed by atoms with Crippen molar-refractivity contribution in [3.63, 3.8) is 0 Å². The molecule has 0 aromatic heterocycles. The molecule has 29 heavy (non-hydrogen) atoms. The van der Waals surface area contributed by atoms with E-state index in [4.69, 9.17) is 11.6 Å². The van der Waals surface area contributed by atoms with E-state index in [0.717, 1.165) is 17.7 Å². The highest BCUT2D eigenvalue weighted by Crippen LogP contribution is 2.44. The molecule has 1 atom stereocenters. The average molecular weight is 412 g/mol. The van der Waals surface area contributed by atoms with Crippen molar-refractivity contribution in [1.82, 2.24) is 0 Å². The van der Waals surface area contributed by atoms with Gasteiger partial charge in [-0.2, -0.15) is 5.26 Å². The van der Waals surface area contributed by atoms with Crippen molar-refractivity contribution in [3.8, 4) is 6.07 Å². The van der Waals surface area contributed by atoms with Crippen molar-refractivity contribution in [2.75, 3.05) is 17.3 Å². The standard InChI is InChI=1S/C23H23ClFN3O/c1-14-12-23(2,3)28(4)21-11-20(24)15(10-19(14)21)9-16(13-26)22(29)27-18-7-5-17(25)6-8-18/h5-11,14H,12H2,1-4H3,(H,27,29)/b16-9+. The number of hydrogen-bond donors (Lipinski definition) is 1. The van der Waals surface area contributed by atoms with Crippen LogP contribution in [0.2, 0.25) is 5.02 Å². The molecule has 0 saturated heterocycles. The highest BCUT2D eigenvalue weighted by atomic mass is 35.5. The normalized spacial score (nSPS) is 18.0. The monoisotopic (exact) mass is 411 g/mol. The zero-order chi connectivity index (χ0) is 21.3. The lowest BCUT2D eigenvalue weighted by atomic mass is 9.80. The van der Waals surface area contributed by atoms with E-state index in [1.54, 1.807) is 0 Å². The molecule has 1 unspecified atom stereocenters. The van der Waals surface area contributed by atoms with E-state index in [9.17, 15) is 14.4 Å². The van der Waals surface area contributed by atoms with E-state index in [2.05, 4.69) is 31.0 Å². The van der Waals surface area contributed by atoms with Crippen molar-refractivity contribution >= 4 is 35.0 Å². The van der Waals surface area contributed by atoms with Crippen LogP contribution in [0.5, 0.6) is 0 Å². The molecule has 1 amide bonds. The number of hydrogen-bond acceptors (Lipinski definition) is 3. The second kappa shape index (κ2) is 7.88. The Bertz CT molecular complexity index is 1020. The fraction of sp³-hybridized carbons (Fsp3) is 0.304. The molecule has 0 radical (unpaired) electrons. The number of anilines is 2. The fourth-order valence-electron chi connectivity index (χ4n) is 3.75. The number of carbonyl (C=O) groups is 1. The molecule has 3 rings (SSSR count). The molecule has 6 heteroatoms. The molecule has 0 aliphatic carbocycles. The van der Waals surface area contributed by atoms with Crippen LogP contribution < -0.4 is 10.2 Å². The topological polar surface area (TPSA) is 56.1 Å². The van der Waals surface area contributed by atoms with E-state index in [-0.39, 0.29) is 11.1 Å². The van der Waals surface area contributed by atoms with Gasteiger partial charge in [-0.25, -0.2) is 4.39 Å². The van der Waals surface area contributed by atoms with Crippen LogP contribution in [0.1, 0.15) is 44.2 Å². The van der Waals surface area contributed by atoms with Gasteiger partial charge in [0, 0.05) is 29.0 Å². The smallest absolute Gasteiger partial charge is 0.266 e. The lowest BCUT2D eigenvalue weighted by Gasteiger charge is -2.45. The summed E-state index contributed by atoms with van der Waals surface area (Å²) in [5.74, 6) is -0.652. The number of amides is 1. The summed E-state index contributed by atoms with van der Waals surface area (Å²) in [5, 5.41) is 12.6. The number of fused-ring (bicyclic) bond motifs is 1. The third kappa shape index (κ3) is 4.28. The summed E-state index contributed by atoms with van der Waals surface area (Å²) in [4.78, 5) is 14.7. The number of nitriles is 1. The van der Waals surface area contributed by atoms with Crippen LogP contribution in [0.4, 0.5) is 15.8 Å². The zero-order valence-corrected chi connectivity index (χ0v) is 17.6. The van der Waals surface area contributed by atoms with Crippen molar-refractivity contribution in [1.29, 1.82) is 5.26 Å². The summed E-state index contributed by atoms with van der Waals surface area (Å²) in [6.07, 6.45) is 2.48. The summed E-state index contributed by atoms with van der Waals surface area (Å²) in [6.45, 7) is 6.56. The van der Waals surface area contributed by atoms with E-state index >= 15 is 0 Å². The minimum atomic E-state index is -0.570. The van der Waals surface area contributed by atoms with Gasteiger partial charge in [-0.3, -0.25) is 4.79 Å². The number of halogens is 2. The molecule has 0 fully saturated rings. The van der Waals surface area contributed by atoms with Gasteiger partial charge in [0.25, 0.3) is 5.91 Å². The van der Waals surface area contributed by atoms with Crippen molar-refractivity contribution in [2.45, 2.75) is 38.6 Å². The minimum Gasteiger partial charge on any atom is -0.369 e. The van der Waals surface area contributed by atoms with Crippen molar-refractivity contribution < 1.29 is 9.18 Å².